The minimum Gasteiger partial charge on any atom is -0.368 e. The van der Waals surface area contributed by atoms with Gasteiger partial charge in [0.1, 0.15) is 11.1 Å². The van der Waals surface area contributed by atoms with Gasteiger partial charge in [-0.25, -0.2) is 4.98 Å². The Labute approximate surface area is 124 Å². The summed E-state index contributed by atoms with van der Waals surface area (Å²) in [5, 5.41) is 4.84. The van der Waals surface area contributed by atoms with Crippen molar-refractivity contribution in [3.63, 3.8) is 0 Å². The molecule has 110 valence electrons. The highest BCUT2D eigenvalue weighted by Crippen LogP contribution is 2.44. The van der Waals surface area contributed by atoms with Crippen molar-refractivity contribution >= 4 is 11.3 Å². The number of rotatable bonds is 5. The van der Waals surface area contributed by atoms with Gasteiger partial charge in [-0.15, -0.1) is 11.3 Å². The largest absolute Gasteiger partial charge is 0.368 e. The number of morpholine rings is 1. The molecule has 4 nitrogen and oxygen atoms in total. The smallest absolute Gasteiger partial charge is 0.123 e. The molecule has 1 atom stereocenters. The Balaban J connectivity index is 1.51. The average molecular weight is 293 g/mol. The maximum absolute atomic E-state index is 5.93. The van der Waals surface area contributed by atoms with Crippen LogP contribution in [-0.2, 0) is 11.3 Å². The van der Waals surface area contributed by atoms with E-state index in [0.29, 0.717) is 0 Å². The number of nitrogens with one attached hydrogen (secondary N) is 1. The van der Waals surface area contributed by atoms with Gasteiger partial charge in [-0.3, -0.25) is 0 Å². The molecule has 0 aromatic carbocycles. The predicted molar refractivity (Wildman–Crippen MR) is 80.1 cm³/mol. The molecular formula is C15H23N3OS. The first-order valence-corrected chi connectivity index (χ1v) is 8.64. The summed E-state index contributed by atoms with van der Waals surface area (Å²) >= 11 is 1.88. The second-order valence-corrected chi connectivity index (χ2v) is 7.53. The highest BCUT2D eigenvalue weighted by atomic mass is 32.1. The molecule has 1 aliphatic heterocycles. The third-order valence-corrected chi connectivity index (χ3v) is 5.54. The van der Waals surface area contributed by atoms with E-state index in [9.17, 15) is 0 Å². The topological polar surface area (TPSA) is 37.4 Å². The molecule has 0 radical (unpaired) electrons. The fourth-order valence-corrected chi connectivity index (χ4v) is 3.92. The zero-order chi connectivity index (χ0) is 13.5. The van der Waals surface area contributed by atoms with E-state index in [2.05, 4.69) is 17.3 Å². The van der Waals surface area contributed by atoms with Crippen LogP contribution in [0, 0.1) is 0 Å². The number of thiazole rings is 1. The fourth-order valence-electron chi connectivity index (χ4n) is 2.77. The van der Waals surface area contributed by atoms with Gasteiger partial charge < -0.3 is 15.0 Å². The molecule has 0 bridgehead atoms. The van der Waals surface area contributed by atoms with Crippen LogP contribution in [0.2, 0.25) is 0 Å². The van der Waals surface area contributed by atoms with E-state index in [1.165, 1.54) is 41.3 Å². The SMILES string of the molecule is CN1CCOC(c2nc(C3CC3)c(CNC3CC3)s2)C1. The van der Waals surface area contributed by atoms with E-state index < -0.39 is 0 Å². The molecule has 3 fully saturated rings. The number of aromatic nitrogens is 1. The summed E-state index contributed by atoms with van der Waals surface area (Å²) in [5.74, 6) is 0.734. The van der Waals surface area contributed by atoms with Gasteiger partial charge in [0.2, 0.25) is 0 Å². The minimum atomic E-state index is 0.186. The van der Waals surface area contributed by atoms with Gasteiger partial charge in [0.25, 0.3) is 0 Å². The normalized spacial score (nSPS) is 27.9. The number of nitrogens with zero attached hydrogens (tertiary/aromatic N) is 2. The minimum absolute atomic E-state index is 0.186. The van der Waals surface area contributed by atoms with Crippen molar-refractivity contribution in [2.75, 3.05) is 26.7 Å². The Kier molecular flexibility index (Phi) is 3.54. The molecule has 3 aliphatic rings. The molecule has 1 unspecified atom stereocenters. The van der Waals surface area contributed by atoms with Gasteiger partial charge in [-0.2, -0.15) is 0 Å². The van der Waals surface area contributed by atoms with E-state index >= 15 is 0 Å². The van der Waals surface area contributed by atoms with Gasteiger partial charge in [0.15, 0.2) is 0 Å². The molecule has 4 rings (SSSR count). The quantitative estimate of drug-likeness (QED) is 0.904. The third-order valence-electron chi connectivity index (χ3n) is 4.38. The highest BCUT2D eigenvalue weighted by molar-refractivity contribution is 7.11. The first-order chi connectivity index (χ1) is 9.79. The Morgan fingerprint density at radius 3 is 2.90 bits per heavy atom. The summed E-state index contributed by atoms with van der Waals surface area (Å²) in [6.45, 7) is 3.85. The second kappa shape index (κ2) is 5.37. The van der Waals surface area contributed by atoms with E-state index in [-0.39, 0.29) is 6.10 Å². The first-order valence-electron chi connectivity index (χ1n) is 7.82. The van der Waals surface area contributed by atoms with Gasteiger partial charge in [0.05, 0.1) is 12.3 Å². The van der Waals surface area contributed by atoms with Crippen molar-refractivity contribution < 1.29 is 4.74 Å². The number of likely N-dealkylation sites (N-methyl/N-ethyl adjacent to an activating group) is 1. The van der Waals surface area contributed by atoms with Crippen LogP contribution in [0.5, 0.6) is 0 Å². The molecule has 5 heteroatoms. The maximum Gasteiger partial charge on any atom is 0.123 e. The average Bonchev–Trinajstić information content (AvgIpc) is 3.36. The number of ether oxygens (including phenoxy) is 1. The lowest BCUT2D eigenvalue weighted by molar-refractivity contribution is -0.0210. The standard InChI is InChI=1S/C15H23N3OS/c1-18-6-7-19-12(9-18)15-17-14(10-2-3-10)13(20-15)8-16-11-4-5-11/h10-12,16H,2-9H2,1H3. The zero-order valence-corrected chi connectivity index (χ0v) is 12.9. The van der Waals surface area contributed by atoms with Crippen LogP contribution >= 0.6 is 11.3 Å². The number of hydrogen-bond acceptors (Lipinski definition) is 5. The molecule has 1 aromatic rings. The molecule has 1 saturated heterocycles. The first kappa shape index (κ1) is 13.2. The van der Waals surface area contributed by atoms with Crippen LogP contribution in [-0.4, -0.2) is 42.7 Å². The highest BCUT2D eigenvalue weighted by Gasteiger charge is 2.32. The Morgan fingerprint density at radius 1 is 1.35 bits per heavy atom. The van der Waals surface area contributed by atoms with E-state index in [4.69, 9.17) is 9.72 Å². The summed E-state index contributed by atoms with van der Waals surface area (Å²) in [7, 11) is 2.17. The van der Waals surface area contributed by atoms with Crippen molar-refractivity contribution in [2.24, 2.45) is 0 Å². The van der Waals surface area contributed by atoms with Gasteiger partial charge in [0, 0.05) is 36.5 Å². The Hall–Kier alpha value is -0.490. The van der Waals surface area contributed by atoms with Gasteiger partial charge >= 0.3 is 0 Å². The van der Waals surface area contributed by atoms with Crippen LogP contribution in [0.15, 0.2) is 0 Å². The molecule has 0 amide bonds. The molecule has 2 saturated carbocycles. The third kappa shape index (κ3) is 2.91. The van der Waals surface area contributed by atoms with Crippen molar-refractivity contribution in [3.05, 3.63) is 15.6 Å². The lowest BCUT2D eigenvalue weighted by Crippen LogP contribution is -2.35. The summed E-state index contributed by atoms with van der Waals surface area (Å²) < 4.78 is 5.93. The molecule has 1 aromatic heterocycles. The van der Waals surface area contributed by atoms with Crippen LogP contribution in [0.25, 0.3) is 0 Å². The maximum atomic E-state index is 5.93. The molecule has 2 heterocycles. The van der Waals surface area contributed by atoms with Crippen LogP contribution < -0.4 is 5.32 Å². The lowest BCUT2D eigenvalue weighted by Gasteiger charge is -2.28. The van der Waals surface area contributed by atoms with Crippen molar-refractivity contribution in [3.8, 4) is 0 Å². The molecule has 20 heavy (non-hydrogen) atoms. The van der Waals surface area contributed by atoms with Crippen molar-refractivity contribution in [2.45, 2.75) is 50.3 Å². The monoisotopic (exact) mass is 293 g/mol. The van der Waals surface area contributed by atoms with Crippen molar-refractivity contribution in [1.29, 1.82) is 0 Å². The molecule has 0 spiro atoms. The van der Waals surface area contributed by atoms with E-state index in [1.807, 2.05) is 11.3 Å². The van der Waals surface area contributed by atoms with Crippen LogP contribution in [0.4, 0.5) is 0 Å². The number of hydrogen-bond donors (Lipinski definition) is 1. The summed E-state index contributed by atoms with van der Waals surface area (Å²) in [6.07, 6.45) is 5.53. The predicted octanol–water partition coefficient (Wildman–Crippen LogP) is 2.28. The lowest BCUT2D eigenvalue weighted by atomic mass is 10.2. The Bertz CT molecular complexity index is 481. The van der Waals surface area contributed by atoms with Crippen molar-refractivity contribution in [1.82, 2.24) is 15.2 Å². The summed E-state index contributed by atoms with van der Waals surface area (Å²) in [5.41, 5.74) is 1.37. The van der Waals surface area contributed by atoms with Crippen LogP contribution in [0.3, 0.4) is 0 Å². The van der Waals surface area contributed by atoms with Gasteiger partial charge in [-0.1, -0.05) is 0 Å². The molecular weight excluding hydrogens is 270 g/mol. The summed E-state index contributed by atoms with van der Waals surface area (Å²) in [6, 6.07) is 0.768. The summed E-state index contributed by atoms with van der Waals surface area (Å²) in [4.78, 5) is 8.76. The molecule has 1 N–H and O–H groups in total. The Morgan fingerprint density at radius 2 is 2.20 bits per heavy atom. The zero-order valence-electron chi connectivity index (χ0n) is 12.1. The second-order valence-electron chi connectivity index (χ2n) is 6.41. The molecule has 2 aliphatic carbocycles. The van der Waals surface area contributed by atoms with Gasteiger partial charge in [-0.05, 0) is 32.7 Å². The van der Waals surface area contributed by atoms with Crippen LogP contribution in [0.1, 0.15) is 53.3 Å². The van der Waals surface area contributed by atoms with E-state index in [1.54, 1.807) is 0 Å². The fraction of sp³-hybridized carbons (Fsp3) is 0.800. The van der Waals surface area contributed by atoms with E-state index in [0.717, 1.165) is 38.2 Å².